The summed E-state index contributed by atoms with van der Waals surface area (Å²) in [7, 11) is 5.78. The molecule has 2 aromatic heterocycles. The van der Waals surface area contributed by atoms with Crippen molar-refractivity contribution < 1.29 is 37.7 Å². The van der Waals surface area contributed by atoms with Crippen molar-refractivity contribution in [3.05, 3.63) is 96.4 Å². The summed E-state index contributed by atoms with van der Waals surface area (Å²) in [6.45, 7) is 3.55. The molecule has 12 heteroatoms. The van der Waals surface area contributed by atoms with Crippen LogP contribution in [-0.2, 0) is 14.3 Å². The Hall–Kier alpha value is -5.10. The molecule has 0 bridgehead atoms. The van der Waals surface area contributed by atoms with Crippen LogP contribution in [0.15, 0.2) is 74.0 Å². The monoisotopic (exact) mass is 618 g/mol. The fraction of sp³-hybridized carbons (Fsp3) is 0.250. The quantitative estimate of drug-likeness (QED) is 0.257. The molecule has 1 aliphatic heterocycles. The molecule has 2 aromatic carbocycles. The van der Waals surface area contributed by atoms with Gasteiger partial charge in [0.25, 0.3) is 5.56 Å². The summed E-state index contributed by atoms with van der Waals surface area (Å²) in [6.07, 6.45) is 1.60. The lowest BCUT2D eigenvalue weighted by atomic mass is 9.95. The zero-order valence-corrected chi connectivity index (χ0v) is 25.8. The van der Waals surface area contributed by atoms with Crippen molar-refractivity contribution in [3.8, 4) is 28.6 Å². The van der Waals surface area contributed by atoms with Gasteiger partial charge in [0.2, 0.25) is 5.75 Å². The largest absolute Gasteiger partial charge is 0.493 e. The van der Waals surface area contributed by atoms with Gasteiger partial charge in [-0.2, -0.15) is 0 Å². The summed E-state index contributed by atoms with van der Waals surface area (Å²) in [4.78, 5) is 44.6. The molecule has 0 saturated heterocycles. The van der Waals surface area contributed by atoms with E-state index < -0.39 is 23.5 Å². The number of carbonyl (C=O) groups is 2. The molecule has 0 saturated carbocycles. The standard InChI is InChI=1S/C32H30N2O9S/c1-7-42-31(37)26-17(2)33-32-34(27(26)18-14-23(38-3)28(40-5)24(15-18)39-4)29(35)25(44-32)16-19-12-13-22(43-19)20-10-8-9-11-21(20)30(36)41-6/h8-16,27H,7H2,1-6H3/t27-/m1/s1. The van der Waals surface area contributed by atoms with Gasteiger partial charge in [0.15, 0.2) is 16.3 Å². The van der Waals surface area contributed by atoms with Crippen molar-refractivity contribution in [1.82, 2.24) is 4.57 Å². The first kappa shape index (κ1) is 30.4. The summed E-state index contributed by atoms with van der Waals surface area (Å²) < 4.78 is 34.7. The van der Waals surface area contributed by atoms with Crippen LogP contribution in [0, 0.1) is 0 Å². The number of esters is 2. The van der Waals surface area contributed by atoms with Crippen LogP contribution in [0.4, 0.5) is 0 Å². The predicted molar refractivity (Wildman–Crippen MR) is 162 cm³/mol. The lowest BCUT2D eigenvalue weighted by Gasteiger charge is -2.26. The van der Waals surface area contributed by atoms with Crippen LogP contribution in [0.25, 0.3) is 17.4 Å². The molecule has 0 N–H and O–H groups in total. The highest BCUT2D eigenvalue weighted by Crippen LogP contribution is 2.42. The van der Waals surface area contributed by atoms with E-state index >= 15 is 0 Å². The van der Waals surface area contributed by atoms with Crippen LogP contribution >= 0.6 is 11.3 Å². The second-order valence-corrected chi connectivity index (χ2v) is 10.5. The molecule has 0 amide bonds. The van der Waals surface area contributed by atoms with Gasteiger partial charge < -0.3 is 28.1 Å². The number of thiazole rings is 1. The number of nitrogens with zero attached hydrogens (tertiary/aromatic N) is 2. The minimum Gasteiger partial charge on any atom is -0.493 e. The SMILES string of the molecule is CCOC(=O)C1=C(C)N=c2sc(=Cc3ccc(-c4ccccc4C(=O)OC)o3)c(=O)n2[C@@H]1c1cc(OC)c(OC)c(OC)c1. The molecule has 44 heavy (non-hydrogen) atoms. The predicted octanol–water partition coefficient (Wildman–Crippen LogP) is 3.87. The molecular weight excluding hydrogens is 588 g/mol. The maximum atomic E-state index is 14.0. The van der Waals surface area contributed by atoms with Gasteiger partial charge in [-0.05, 0) is 49.7 Å². The Kier molecular flexibility index (Phi) is 8.72. The number of rotatable bonds is 9. The topological polar surface area (TPSA) is 128 Å². The second-order valence-electron chi connectivity index (χ2n) is 9.50. The molecule has 11 nitrogen and oxygen atoms in total. The normalized spacial score (nSPS) is 14.5. The smallest absolute Gasteiger partial charge is 0.338 e. The van der Waals surface area contributed by atoms with E-state index in [-0.39, 0.29) is 12.2 Å². The first-order valence-corrected chi connectivity index (χ1v) is 14.3. The van der Waals surface area contributed by atoms with Crippen molar-refractivity contribution in [1.29, 1.82) is 0 Å². The third kappa shape index (κ3) is 5.39. The molecule has 3 heterocycles. The lowest BCUT2D eigenvalue weighted by Crippen LogP contribution is -2.40. The van der Waals surface area contributed by atoms with Gasteiger partial charge in [0.05, 0.1) is 62.5 Å². The van der Waals surface area contributed by atoms with Gasteiger partial charge in [0.1, 0.15) is 11.5 Å². The van der Waals surface area contributed by atoms with Gasteiger partial charge in [-0.25, -0.2) is 14.6 Å². The summed E-state index contributed by atoms with van der Waals surface area (Å²) >= 11 is 1.15. The van der Waals surface area contributed by atoms with Gasteiger partial charge in [-0.3, -0.25) is 9.36 Å². The van der Waals surface area contributed by atoms with Crippen molar-refractivity contribution >= 4 is 29.4 Å². The maximum Gasteiger partial charge on any atom is 0.338 e. The Labute approximate surface area is 256 Å². The molecule has 1 aliphatic rings. The van der Waals surface area contributed by atoms with E-state index in [2.05, 4.69) is 4.99 Å². The van der Waals surface area contributed by atoms with E-state index in [4.69, 9.17) is 28.1 Å². The maximum absolute atomic E-state index is 14.0. The molecule has 0 fully saturated rings. The van der Waals surface area contributed by atoms with Crippen LogP contribution in [0.1, 0.15) is 41.6 Å². The van der Waals surface area contributed by atoms with Crippen LogP contribution in [0.3, 0.4) is 0 Å². The number of carbonyl (C=O) groups excluding carboxylic acids is 2. The molecule has 0 aliphatic carbocycles. The summed E-state index contributed by atoms with van der Waals surface area (Å²) in [5.74, 6) is 0.811. The Morgan fingerprint density at radius 3 is 2.34 bits per heavy atom. The number of hydrogen-bond donors (Lipinski definition) is 0. The third-order valence-electron chi connectivity index (χ3n) is 7.02. The number of allylic oxidation sites excluding steroid dienone is 1. The lowest BCUT2D eigenvalue weighted by molar-refractivity contribution is -0.139. The van der Waals surface area contributed by atoms with Crippen molar-refractivity contribution in [3.63, 3.8) is 0 Å². The van der Waals surface area contributed by atoms with Crippen molar-refractivity contribution in [2.24, 2.45) is 4.99 Å². The van der Waals surface area contributed by atoms with Gasteiger partial charge in [-0.15, -0.1) is 0 Å². The summed E-state index contributed by atoms with van der Waals surface area (Å²) in [5, 5.41) is 0. The summed E-state index contributed by atoms with van der Waals surface area (Å²) in [6, 6.07) is 12.8. The van der Waals surface area contributed by atoms with E-state index in [0.717, 1.165) is 11.3 Å². The van der Waals surface area contributed by atoms with Crippen LogP contribution in [0.2, 0.25) is 0 Å². The number of aromatic nitrogens is 1. The molecule has 228 valence electrons. The zero-order valence-electron chi connectivity index (χ0n) is 25.0. The van der Waals surface area contributed by atoms with Crippen molar-refractivity contribution in [2.75, 3.05) is 35.0 Å². The highest BCUT2D eigenvalue weighted by molar-refractivity contribution is 7.07. The Morgan fingerprint density at radius 1 is 1.00 bits per heavy atom. The molecule has 1 atom stereocenters. The van der Waals surface area contributed by atoms with E-state index in [1.165, 1.54) is 33.0 Å². The average Bonchev–Trinajstić information content (AvgIpc) is 3.62. The highest BCUT2D eigenvalue weighted by atomic mass is 32.1. The number of hydrogen-bond acceptors (Lipinski definition) is 11. The van der Waals surface area contributed by atoms with Gasteiger partial charge in [0, 0.05) is 11.6 Å². The number of fused-ring (bicyclic) bond motifs is 1. The van der Waals surface area contributed by atoms with E-state index in [0.29, 0.717) is 60.5 Å². The third-order valence-corrected chi connectivity index (χ3v) is 8.00. The molecule has 0 radical (unpaired) electrons. The first-order chi connectivity index (χ1) is 21.3. The molecule has 0 unspecified atom stereocenters. The number of ether oxygens (including phenoxy) is 5. The number of methoxy groups -OCH3 is 4. The Morgan fingerprint density at radius 2 is 1.70 bits per heavy atom. The fourth-order valence-corrected chi connectivity index (χ4v) is 6.08. The first-order valence-electron chi connectivity index (χ1n) is 13.5. The Bertz CT molecular complexity index is 1940. The van der Waals surface area contributed by atoms with Gasteiger partial charge in [-0.1, -0.05) is 29.5 Å². The fourth-order valence-electron chi connectivity index (χ4n) is 5.06. The van der Waals surface area contributed by atoms with Gasteiger partial charge >= 0.3 is 11.9 Å². The molecule has 0 spiro atoms. The van der Waals surface area contributed by atoms with Crippen LogP contribution in [0.5, 0.6) is 17.2 Å². The Balaban J connectivity index is 1.68. The van der Waals surface area contributed by atoms with E-state index in [9.17, 15) is 14.4 Å². The highest BCUT2D eigenvalue weighted by Gasteiger charge is 2.34. The average molecular weight is 619 g/mol. The molecule has 4 aromatic rings. The number of benzene rings is 2. The van der Waals surface area contributed by atoms with E-state index in [1.807, 2.05) is 0 Å². The minimum absolute atomic E-state index is 0.141. The van der Waals surface area contributed by atoms with E-state index in [1.54, 1.807) is 68.5 Å². The van der Waals surface area contributed by atoms with Crippen LogP contribution in [-0.4, -0.2) is 51.6 Å². The number of furan rings is 1. The zero-order chi connectivity index (χ0) is 31.5. The second kappa shape index (κ2) is 12.6. The minimum atomic E-state index is -0.903. The molecular formula is C32H30N2O9S. The summed E-state index contributed by atoms with van der Waals surface area (Å²) in [5.41, 5.74) is 1.66. The van der Waals surface area contributed by atoms with Crippen LogP contribution < -0.4 is 29.1 Å². The molecule has 5 rings (SSSR count). The van der Waals surface area contributed by atoms with Crippen molar-refractivity contribution in [2.45, 2.75) is 19.9 Å².